The molecule has 0 fully saturated rings. The zero-order valence-electron chi connectivity index (χ0n) is 10.0. The van der Waals surface area contributed by atoms with E-state index < -0.39 is 0 Å². The average molecular weight is 239 g/mol. The fraction of sp³-hybridized carbons (Fsp3) is 0.538. The lowest BCUT2D eigenvalue weighted by molar-refractivity contribution is 0.289. The van der Waals surface area contributed by atoms with Crippen molar-refractivity contribution in [3.8, 4) is 0 Å². The average Bonchev–Trinajstić information content (AvgIpc) is 2.29. The number of aliphatic hydroxyl groups is 1. The summed E-state index contributed by atoms with van der Waals surface area (Å²) in [4.78, 5) is 1.24. The van der Waals surface area contributed by atoms with E-state index in [2.05, 4.69) is 38.1 Å². The van der Waals surface area contributed by atoms with Crippen molar-refractivity contribution in [1.29, 1.82) is 0 Å². The molecule has 0 radical (unpaired) electrons. The summed E-state index contributed by atoms with van der Waals surface area (Å²) in [6, 6.07) is 8.57. The maximum Gasteiger partial charge on any atom is 0.0441 e. The molecule has 1 aromatic carbocycles. The van der Waals surface area contributed by atoms with Gasteiger partial charge in [-0.3, -0.25) is 0 Å². The lowest BCUT2D eigenvalue weighted by Gasteiger charge is -2.12. The van der Waals surface area contributed by atoms with E-state index in [0.29, 0.717) is 5.25 Å². The topological polar surface area (TPSA) is 46.2 Å². The van der Waals surface area contributed by atoms with Gasteiger partial charge in [0.05, 0.1) is 0 Å². The van der Waals surface area contributed by atoms with Gasteiger partial charge in [-0.15, -0.1) is 11.8 Å². The minimum absolute atomic E-state index is 0.147. The van der Waals surface area contributed by atoms with Crippen LogP contribution in [-0.2, 0) is 0 Å². The minimum atomic E-state index is 0.147. The second kappa shape index (κ2) is 6.94. The maximum absolute atomic E-state index is 8.83. The van der Waals surface area contributed by atoms with Crippen molar-refractivity contribution in [2.45, 2.75) is 42.9 Å². The third-order valence-corrected chi connectivity index (χ3v) is 3.80. The molecule has 0 amide bonds. The number of rotatable bonds is 6. The monoisotopic (exact) mass is 239 g/mol. The summed E-state index contributed by atoms with van der Waals surface area (Å²) >= 11 is 1.80. The Morgan fingerprint density at radius 2 is 1.94 bits per heavy atom. The number of hydrogen-bond acceptors (Lipinski definition) is 3. The predicted molar refractivity (Wildman–Crippen MR) is 70.7 cm³/mol. The second-order valence-corrected chi connectivity index (χ2v) is 5.54. The first-order valence-corrected chi connectivity index (χ1v) is 6.68. The van der Waals surface area contributed by atoms with Crippen molar-refractivity contribution in [2.75, 3.05) is 6.61 Å². The van der Waals surface area contributed by atoms with E-state index >= 15 is 0 Å². The Kier molecular flexibility index (Phi) is 5.88. The van der Waals surface area contributed by atoms with Crippen LogP contribution in [0.5, 0.6) is 0 Å². The molecule has 3 heteroatoms. The summed E-state index contributed by atoms with van der Waals surface area (Å²) in [5, 5.41) is 9.29. The molecule has 0 saturated carbocycles. The number of nitrogens with two attached hydrogens (primary N) is 1. The molecule has 2 nitrogen and oxygen atoms in total. The van der Waals surface area contributed by atoms with Crippen molar-refractivity contribution < 1.29 is 5.11 Å². The zero-order chi connectivity index (χ0) is 12.0. The standard InChI is InChI=1S/C13H21NOS/c1-3-13(14)11-4-6-12(7-5-11)16-10(2)8-9-15/h4-7,10,13,15H,3,8-9,14H2,1-2H3/t10?,13-/m1/s1. The highest BCUT2D eigenvalue weighted by molar-refractivity contribution is 7.99. The molecule has 3 N–H and O–H groups in total. The molecule has 0 bridgehead atoms. The lowest BCUT2D eigenvalue weighted by atomic mass is 10.1. The molecular weight excluding hydrogens is 218 g/mol. The van der Waals surface area contributed by atoms with Gasteiger partial charge in [-0.05, 0) is 30.5 Å². The molecule has 16 heavy (non-hydrogen) atoms. The van der Waals surface area contributed by atoms with Crippen LogP contribution in [-0.4, -0.2) is 17.0 Å². The third-order valence-electron chi connectivity index (χ3n) is 2.62. The van der Waals surface area contributed by atoms with Gasteiger partial charge in [-0.2, -0.15) is 0 Å². The summed E-state index contributed by atoms with van der Waals surface area (Å²) in [5.41, 5.74) is 7.15. The van der Waals surface area contributed by atoms with Crippen LogP contribution in [0.1, 0.15) is 38.3 Å². The number of hydrogen-bond donors (Lipinski definition) is 2. The molecule has 1 aromatic rings. The number of thioether (sulfide) groups is 1. The van der Waals surface area contributed by atoms with E-state index in [1.807, 2.05) is 0 Å². The highest BCUT2D eigenvalue weighted by Gasteiger charge is 2.05. The summed E-state index contributed by atoms with van der Waals surface area (Å²) in [6.45, 7) is 4.48. The molecule has 0 aliphatic carbocycles. The smallest absolute Gasteiger partial charge is 0.0441 e. The van der Waals surface area contributed by atoms with E-state index in [4.69, 9.17) is 10.8 Å². The fourth-order valence-corrected chi connectivity index (χ4v) is 2.48. The van der Waals surface area contributed by atoms with Gasteiger partial charge in [0.2, 0.25) is 0 Å². The first kappa shape index (κ1) is 13.6. The molecule has 1 rings (SSSR count). The molecule has 0 saturated heterocycles. The quantitative estimate of drug-likeness (QED) is 0.750. The molecule has 0 aromatic heterocycles. The van der Waals surface area contributed by atoms with Gasteiger partial charge >= 0.3 is 0 Å². The van der Waals surface area contributed by atoms with Crippen LogP contribution in [0.25, 0.3) is 0 Å². The van der Waals surface area contributed by atoms with Crippen molar-refractivity contribution in [2.24, 2.45) is 5.73 Å². The van der Waals surface area contributed by atoms with Crippen LogP contribution in [0.4, 0.5) is 0 Å². The summed E-state index contributed by atoms with van der Waals surface area (Å²) in [7, 11) is 0. The minimum Gasteiger partial charge on any atom is -0.396 e. The molecule has 0 heterocycles. The molecule has 1 unspecified atom stereocenters. The Bertz CT molecular complexity index is 299. The summed E-state index contributed by atoms with van der Waals surface area (Å²) < 4.78 is 0. The Morgan fingerprint density at radius 3 is 2.44 bits per heavy atom. The third kappa shape index (κ3) is 4.16. The number of aliphatic hydroxyl groups excluding tert-OH is 1. The molecule has 0 aliphatic rings. The van der Waals surface area contributed by atoms with Crippen LogP contribution >= 0.6 is 11.8 Å². The van der Waals surface area contributed by atoms with Crippen molar-refractivity contribution in [3.05, 3.63) is 29.8 Å². The predicted octanol–water partition coefficient (Wildman–Crippen LogP) is 2.96. The molecule has 0 aliphatic heterocycles. The van der Waals surface area contributed by atoms with Crippen LogP contribution in [0.15, 0.2) is 29.2 Å². The van der Waals surface area contributed by atoms with Crippen LogP contribution in [0, 0.1) is 0 Å². The van der Waals surface area contributed by atoms with E-state index in [1.165, 1.54) is 10.5 Å². The Balaban J connectivity index is 2.57. The van der Waals surface area contributed by atoms with E-state index in [0.717, 1.165) is 12.8 Å². The van der Waals surface area contributed by atoms with Gasteiger partial charge in [0, 0.05) is 22.8 Å². The van der Waals surface area contributed by atoms with Crippen molar-refractivity contribution in [3.63, 3.8) is 0 Å². The summed E-state index contributed by atoms with van der Waals surface area (Å²) in [5.74, 6) is 0. The second-order valence-electron chi connectivity index (χ2n) is 4.02. The van der Waals surface area contributed by atoms with Gasteiger partial charge in [0.1, 0.15) is 0 Å². The van der Waals surface area contributed by atoms with E-state index in [-0.39, 0.29) is 12.6 Å². The molecule has 2 atom stereocenters. The highest BCUT2D eigenvalue weighted by atomic mass is 32.2. The van der Waals surface area contributed by atoms with E-state index in [1.54, 1.807) is 11.8 Å². The van der Waals surface area contributed by atoms with Gasteiger partial charge in [-0.25, -0.2) is 0 Å². The summed E-state index contributed by atoms with van der Waals surface area (Å²) in [6.07, 6.45) is 1.80. The van der Waals surface area contributed by atoms with Crippen LogP contribution in [0.2, 0.25) is 0 Å². The SMILES string of the molecule is CC[C@@H](N)c1ccc(SC(C)CCO)cc1. The van der Waals surface area contributed by atoms with Crippen LogP contribution < -0.4 is 5.73 Å². The van der Waals surface area contributed by atoms with Gasteiger partial charge in [0.25, 0.3) is 0 Å². The van der Waals surface area contributed by atoms with E-state index in [9.17, 15) is 0 Å². The maximum atomic E-state index is 8.83. The number of benzene rings is 1. The largest absolute Gasteiger partial charge is 0.396 e. The van der Waals surface area contributed by atoms with Crippen molar-refractivity contribution >= 4 is 11.8 Å². The van der Waals surface area contributed by atoms with Gasteiger partial charge in [-0.1, -0.05) is 26.0 Å². The molecule has 0 spiro atoms. The van der Waals surface area contributed by atoms with Gasteiger partial charge in [0.15, 0.2) is 0 Å². The highest BCUT2D eigenvalue weighted by Crippen LogP contribution is 2.26. The Morgan fingerprint density at radius 1 is 1.31 bits per heavy atom. The first-order valence-electron chi connectivity index (χ1n) is 5.80. The lowest BCUT2D eigenvalue weighted by Crippen LogP contribution is -2.08. The zero-order valence-corrected chi connectivity index (χ0v) is 10.8. The Hall–Kier alpha value is -0.510. The first-order chi connectivity index (χ1) is 7.67. The van der Waals surface area contributed by atoms with Crippen LogP contribution in [0.3, 0.4) is 0 Å². The molecule has 90 valence electrons. The van der Waals surface area contributed by atoms with Gasteiger partial charge < -0.3 is 10.8 Å². The Labute approximate surface area is 102 Å². The van der Waals surface area contributed by atoms with Crippen molar-refractivity contribution in [1.82, 2.24) is 0 Å². The normalized spacial score (nSPS) is 14.8. The fourth-order valence-electron chi connectivity index (χ4n) is 1.50. The molecular formula is C13H21NOS.